The normalized spacial score (nSPS) is 11.9. The van der Waals surface area contributed by atoms with Gasteiger partial charge < -0.3 is 14.9 Å². The summed E-state index contributed by atoms with van der Waals surface area (Å²) in [5.74, 6) is -0.728. The molecule has 0 spiro atoms. The molecule has 0 atom stereocenters. The van der Waals surface area contributed by atoms with Crippen LogP contribution in [0.2, 0.25) is 0 Å². The number of imide groups is 1. The largest absolute Gasteiger partial charge is 0.464 e. The van der Waals surface area contributed by atoms with Crippen LogP contribution in [0.5, 0.6) is 0 Å². The van der Waals surface area contributed by atoms with E-state index in [2.05, 4.69) is 10.1 Å². The van der Waals surface area contributed by atoms with E-state index >= 15 is 0 Å². The summed E-state index contributed by atoms with van der Waals surface area (Å²) < 4.78 is 5.72. The molecule has 1 aromatic rings. The average molecular weight is 298 g/mol. The molecule has 0 bridgehead atoms. The zero-order chi connectivity index (χ0) is 16.2. The lowest BCUT2D eigenvalue weighted by Crippen LogP contribution is -2.44. The molecule has 2 N–H and O–H groups in total. The number of ether oxygens (including phenoxy) is 1. The van der Waals surface area contributed by atoms with Crippen molar-refractivity contribution in [3.8, 4) is 0 Å². The highest BCUT2D eigenvalue weighted by Gasteiger charge is 2.29. The lowest BCUT2D eigenvalue weighted by atomic mass is 10.2. The number of aromatic nitrogens is 2. The summed E-state index contributed by atoms with van der Waals surface area (Å²) in [6.07, 6.45) is -2.30. The van der Waals surface area contributed by atoms with Gasteiger partial charge in [-0.15, -0.1) is 9.89 Å². The third-order valence-corrected chi connectivity index (χ3v) is 1.88. The van der Waals surface area contributed by atoms with Gasteiger partial charge in [0, 0.05) is 12.4 Å². The van der Waals surface area contributed by atoms with Crippen molar-refractivity contribution in [3.63, 3.8) is 0 Å². The van der Waals surface area contributed by atoms with Crippen LogP contribution in [0.25, 0.3) is 0 Å². The first-order valence-corrected chi connectivity index (χ1v) is 5.69. The van der Waals surface area contributed by atoms with E-state index in [-0.39, 0.29) is 4.90 Å². The van der Waals surface area contributed by atoms with Crippen molar-refractivity contribution in [3.05, 3.63) is 18.5 Å². The first-order chi connectivity index (χ1) is 9.61. The quantitative estimate of drug-likeness (QED) is 0.549. The summed E-state index contributed by atoms with van der Waals surface area (Å²) in [5, 5.41) is 21.5. The minimum atomic E-state index is -1.83. The molecule has 10 heteroatoms. The maximum absolute atomic E-state index is 11.7. The van der Waals surface area contributed by atoms with E-state index in [1.54, 1.807) is 20.8 Å². The standard InChI is InChI=1S/C11H14N4O6/c1-11(2,3)21-8(16)13-7(14-6-4-5-12-14)15(9(17)18)10(19)20/h4-6H,1-3H3,(H,17,18)(H,19,20). The van der Waals surface area contributed by atoms with Crippen LogP contribution < -0.4 is 0 Å². The van der Waals surface area contributed by atoms with Crippen LogP contribution in [0.15, 0.2) is 23.5 Å². The Hall–Kier alpha value is -2.91. The van der Waals surface area contributed by atoms with Crippen molar-refractivity contribution in [1.29, 1.82) is 0 Å². The van der Waals surface area contributed by atoms with Crippen LogP contribution in [0.1, 0.15) is 20.8 Å². The topological polar surface area (TPSA) is 134 Å². The number of carbonyl (C=O) groups is 3. The summed E-state index contributed by atoms with van der Waals surface area (Å²) in [7, 11) is 0. The number of aliphatic imine (C=N–C) groups is 1. The Bertz CT molecular complexity index is 558. The molecule has 1 heterocycles. The number of amides is 3. The first-order valence-electron chi connectivity index (χ1n) is 5.69. The Morgan fingerprint density at radius 3 is 2.19 bits per heavy atom. The first kappa shape index (κ1) is 16.1. The summed E-state index contributed by atoms with van der Waals surface area (Å²) in [6.45, 7) is 4.75. The van der Waals surface area contributed by atoms with E-state index < -0.39 is 29.8 Å². The molecule has 3 amide bonds. The molecule has 0 aliphatic carbocycles. The van der Waals surface area contributed by atoms with E-state index in [1.807, 2.05) is 0 Å². The van der Waals surface area contributed by atoms with Gasteiger partial charge in [-0.05, 0) is 26.8 Å². The number of nitrogens with zero attached hydrogens (tertiary/aromatic N) is 4. The smallest absolute Gasteiger partial charge is 0.437 e. The second-order valence-corrected chi connectivity index (χ2v) is 4.74. The van der Waals surface area contributed by atoms with E-state index in [4.69, 9.17) is 14.9 Å². The maximum atomic E-state index is 11.7. The predicted molar refractivity (Wildman–Crippen MR) is 69.2 cm³/mol. The van der Waals surface area contributed by atoms with Crippen LogP contribution >= 0.6 is 0 Å². The lowest BCUT2D eigenvalue weighted by Gasteiger charge is -2.19. The summed E-state index contributed by atoms with van der Waals surface area (Å²) in [6, 6.07) is 1.41. The SMILES string of the molecule is CC(C)(C)OC(=O)N=C(N(C(=O)O)C(=O)O)n1cccn1. The lowest BCUT2D eigenvalue weighted by molar-refractivity contribution is 0.0602. The molecule has 0 unspecified atom stereocenters. The molecule has 0 aliphatic heterocycles. The van der Waals surface area contributed by atoms with Gasteiger partial charge in [-0.2, -0.15) is 5.10 Å². The molecule has 0 aliphatic rings. The number of hydrogen-bond acceptors (Lipinski definition) is 5. The molecule has 1 rings (SSSR count). The molecule has 1 aromatic heterocycles. The van der Waals surface area contributed by atoms with Crippen LogP contribution in [-0.4, -0.2) is 54.7 Å². The summed E-state index contributed by atoms with van der Waals surface area (Å²) in [5.41, 5.74) is -0.868. The van der Waals surface area contributed by atoms with Crippen LogP contribution in [0.4, 0.5) is 14.4 Å². The Morgan fingerprint density at radius 1 is 1.24 bits per heavy atom. The zero-order valence-electron chi connectivity index (χ0n) is 11.5. The molecule has 10 nitrogen and oxygen atoms in total. The highest BCUT2D eigenvalue weighted by molar-refractivity contribution is 6.09. The van der Waals surface area contributed by atoms with Gasteiger partial charge in [0.05, 0.1) is 0 Å². The van der Waals surface area contributed by atoms with E-state index in [0.29, 0.717) is 0 Å². The van der Waals surface area contributed by atoms with Gasteiger partial charge >= 0.3 is 18.3 Å². The van der Waals surface area contributed by atoms with Crippen molar-refractivity contribution in [2.45, 2.75) is 26.4 Å². The number of rotatable bonds is 0. The van der Waals surface area contributed by atoms with Crippen molar-refractivity contribution in [1.82, 2.24) is 14.7 Å². The van der Waals surface area contributed by atoms with Gasteiger partial charge in [0.1, 0.15) is 5.60 Å². The minimum absolute atomic E-state index is 0.142. The van der Waals surface area contributed by atoms with Crippen LogP contribution in [-0.2, 0) is 4.74 Å². The monoisotopic (exact) mass is 298 g/mol. The van der Waals surface area contributed by atoms with Crippen LogP contribution in [0, 0.1) is 0 Å². The number of hydrogen-bond donors (Lipinski definition) is 2. The number of carbonyl (C=O) groups excluding carboxylic acids is 1. The van der Waals surface area contributed by atoms with E-state index in [0.717, 1.165) is 4.68 Å². The minimum Gasteiger partial charge on any atom is -0.464 e. The summed E-state index contributed by atoms with van der Waals surface area (Å²) >= 11 is 0. The molecule has 0 fully saturated rings. The van der Waals surface area contributed by atoms with Gasteiger partial charge in [-0.25, -0.2) is 19.1 Å². The third-order valence-electron chi connectivity index (χ3n) is 1.88. The van der Waals surface area contributed by atoms with E-state index in [1.165, 1.54) is 18.5 Å². The van der Waals surface area contributed by atoms with Gasteiger partial charge in [0.2, 0.25) is 0 Å². The molecule has 0 aromatic carbocycles. The third kappa shape index (κ3) is 4.60. The highest BCUT2D eigenvalue weighted by atomic mass is 16.6. The Labute approximate surface area is 119 Å². The van der Waals surface area contributed by atoms with Crippen molar-refractivity contribution >= 4 is 24.2 Å². The van der Waals surface area contributed by atoms with Crippen molar-refractivity contribution in [2.75, 3.05) is 0 Å². The highest BCUT2D eigenvalue weighted by Crippen LogP contribution is 2.09. The molecule has 21 heavy (non-hydrogen) atoms. The van der Waals surface area contributed by atoms with Gasteiger partial charge in [-0.3, -0.25) is 0 Å². The molecule has 114 valence electrons. The second kappa shape index (κ2) is 6.03. The predicted octanol–water partition coefficient (Wildman–Crippen LogP) is 1.68. The van der Waals surface area contributed by atoms with Gasteiger partial charge in [-0.1, -0.05) is 0 Å². The van der Waals surface area contributed by atoms with Gasteiger partial charge in [0.15, 0.2) is 0 Å². The fourth-order valence-corrected chi connectivity index (χ4v) is 1.21. The van der Waals surface area contributed by atoms with Crippen molar-refractivity contribution in [2.24, 2.45) is 4.99 Å². The number of carboxylic acid groups (broad SMARTS) is 2. The average Bonchev–Trinajstić information content (AvgIpc) is 2.76. The van der Waals surface area contributed by atoms with E-state index in [9.17, 15) is 14.4 Å². The van der Waals surface area contributed by atoms with Gasteiger partial charge in [0.25, 0.3) is 5.96 Å². The van der Waals surface area contributed by atoms with Crippen LogP contribution in [0.3, 0.4) is 0 Å². The fourth-order valence-electron chi connectivity index (χ4n) is 1.21. The molecule has 0 radical (unpaired) electrons. The zero-order valence-corrected chi connectivity index (χ0v) is 11.5. The molecule has 0 saturated carbocycles. The fraction of sp³-hybridized carbons (Fsp3) is 0.364. The van der Waals surface area contributed by atoms with Crippen molar-refractivity contribution < 1.29 is 29.3 Å². The molecule has 0 saturated heterocycles. The molecular formula is C11H14N4O6. The Kier molecular flexibility index (Phi) is 4.64. The second-order valence-electron chi connectivity index (χ2n) is 4.74. The molecular weight excluding hydrogens is 284 g/mol. The Balaban J connectivity index is 3.24. The Morgan fingerprint density at radius 2 is 1.81 bits per heavy atom. The maximum Gasteiger partial charge on any atom is 0.437 e. The summed E-state index contributed by atoms with van der Waals surface area (Å²) in [4.78, 5) is 36.9.